The first kappa shape index (κ1) is 11.4. The van der Waals surface area contributed by atoms with Crippen LogP contribution in [0.15, 0.2) is 34.8 Å². The van der Waals surface area contributed by atoms with E-state index in [0.29, 0.717) is 0 Å². The number of nitriles is 1. The van der Waals surface area contributed by atoms with E-state index in [4.69, 9.17) is 15.8 Å². The average Bonchev–Trinajstić information content (AvgIpc) is 2.30. The number of aromatic carboxylic acids is 1. The molecule has 5 heteroatoms. The molecular weight excluding hydrogens is 206 g/mol. The average molecular weight is 212 g/mol. The number of benzene rings is 1. The summed E-state index contributed by atoms with van der Waals surface area (Å²) in [6, 6.07) is 7.71. The number of aliphatic imine (C=N–C) groups is 1. The Morgan fingerprint density at radius 2 is 2.19 bits per heavy atom. The van der Waals surface area contributed by atoms with Crippen molar-refractivity contribution in [1.29, 1.82) is 5.26 Å². The molecule has 1 aromatic carbocycles. The summed E-state index contributed by atoms with van der Waals surface area (Å²) in [4.78, 5) is 14.6. The number of para-hydroxylation sites is 1. The zero-order valence-electron chi connectivity index (χ0n) is 8.08. The maximum atomic E-state index is 10.8. The molecule has 0 heterocycles. The lowest BCUT2D eigenvalue weighted by atomic mass is 10.2. The molecule has 0 saturated heterocycles. The molecule has 0 aliphatic rings. The minimum absolute atomic E-state index is 0.0222. The highest BCUT2D eigenvalue weighted by atomic mass is 16.4. The third kappa shape index (κ3) is 2.64. The fraction of sp³-hybridized carbons (Fsp3) is 0. The van der Waals surface area contributed by atoms with Gasteiger partial charge in [-0.05, 0) is 12.1 Å². The summed E-state index contributed by atoms with van der Waals surface area (Å²) in [6.45, 7) is 0. The van der Waals surface area contributed by atoms with Crippen molar-refractivity contribution in [1.82, 2.24) is 0 Å². The van der Waals surface area contributed by atoms with Crippen LogP contribution in [0.4, 0.5) is 5.69 Å². The van der Waals surface area contributed by atoms with Crippen molar-refractivity contribution in [2.75, 3.05) is 0 Å². The predicted molar refractivity (Wildman–Crippen MR) is 59.0 cm³/mol. The summed E-state index contributed by atoms with van der Waals surface area (Å²) in [5, 5.41) is 25.8. The van der Waals surface area contributed by atoms with Crippen LogP contribution >= 0.6 is 0 Å². The van der Waals surface area contributed by atoms with E-state index in [2.05, 4.69) is 4.99 Å². The molecule has 1 rings (SSSR count). The fourth-order valence-corrected chi connectivity index (χ4v) is 0.984. The van der Waals surface area contributed by atoms with E-state index in [1.54, 1.807) is 24.1 Å². The summed E-state index contributed by atoms with van der Waals surface area (Å²) in [6.07, 6.45) is 1.04. The van der Waals surface area contributed by atoms with Gasteiger partial charge in [-0.1, -0.05) is 12.1 Å². The molecule has 0 unspecified atom stereocenters. The van der Waals surface area contributed by atoms with Crippen LogP contribution in [-0.4, -0.2) is 23.2 Å². The maximum Gasteiger partial charge on any atom is 0.337 e. The monoisotopic (exact) mass is 212 g/mol. The second-order valence-electron chi connectivity index (χ2n) is 2.72. The Morgan fingerprint density at radius 1 is 1.50 bits per heavy atom. The highest BCUT2D eigenvalue weighted by molar-refractivity contribution is 5.99. The van der Waals surface area contributed by atoms with Crippen molar-refractivity contribution in [3.63, 3.8) is 0 Å². The fourth-order valence-electron chi connectivity index (χ4n) is 0.984. The lowest BCUT2D eigenvalue weighted by Crippen LogP contribution is -1.96. The first-order chi connectivity index (χ1) is 7.69. The minimum atomic E-state index is -1.11. The quantitative estimate of drug-likeness (QED) is 0.610. The zero-order valence-corrected chi connectivity index (χ0v) is 8.08. The number of hydrogen-bond acceptors (Lipinski definition) is 3. The van der Waals surface area contributed by atoms with Gasteiger partial charge in [0, 0.05) is 0 Å². The number of carboxylic acid groups (broad SMARTS) is 1. The summed E-state index contributed by atoms with van der Waals surface area (Å²) >= 11 is 0. The first-order valence-electron chi connectivity index (χ1n) is 4.22. The lowest BCUT2D eigenvalue weighted by Gasteiger charge is -1.98. The molecule has 1 N–H and O–H groups in total. The molecule has 78 valence electrons. The van der Waals surface area contributed by atoms with Crippen LogP contribution in [0, 0.1) is 11.3 Å². The van der Waals surface area contributed by atoms with E-state index in [1.165, 1.54) is 12.1 Å². The van der Waals surface area contributed by atoms with Crippen LogP contribution in [0.1, 0.15) is 10.4 Å². The standard InChI is InChI=1S/C11H6N3O2/c12-5-8(6-13)7-14-10-4-2-1-3-9(10)11(15)16/h1-4,7H,(H,15,16)/q-1. The second-order valence-corrected chi connectivity index (χ2v) is 2.72. The molecule has 0 amide bonds. The summed E-state index contributed by atoms with van der Waals surface area (Å²) in [7, 11) is 0. The van der Waals surface area contributed by atoms with Crippen molar-refractivity contribution in [2.24, 2.45) is 4.99 Å². The maximum absolute atomic E-state index is 10.8. The minimum Gasteiger partial charge on any atom is -0.762 e. The van der Waals surface area contributed by atoms with Gasteiger partial charge < -0.3 is 10.5 Å². The smallest absolute Gasteiger partial charge is 0.337 e. The highest BCUT2D eigenvalue weighted by Crippen LogP contribution is 2.18. The van der Waals surface area contributed by atoms with E-state index >= 15 is 0 Å². The van der Waals surface area contributed by atoms with Gasteiger partial charge in [-0.25, -0.2) is 10.7 Å². The largest absolute Gasteiger partial charge is 0.762 e. The Labute approximate surface area is 91.5 Å². The Hall–Kier alpha value is -2.70. The number of allylic oxidation sites excluding steroid dienone is 1. The third-order valence-electron chi connectivity index (χ3n) is 1.71. The molecule has 0 atom stereocenters. The van der Waals surface area contributed by atoms with Crippen LogP contribution in [0.5, 0.6) is 0 Å². The predicted octanol–water partition coefficient (Wildman–Crippen LogP) is 1.78. The normalized spacial score (nSPS) is 9.44. The second kappa shape index (κ2) is 5.25. The van der Waals surface area contributed by atoms with Crippen molar-refractivity contribution in [2.45, 2.75) is 0 Å². The number of nitrogens with zero attached hydrogens (tertiary/aromatic N) is 3. The molecule has 0 fully saturated rings. The molecular formula is C11H6N3O2-. The van der Waals surface area contributed by atoms with Crippen LogP contribution in [0.2, 0.25) is 0 Å². The molecule has 0 saturated carbocycles. The van der Waals surface area contributed by atoms with Crippen LogP contribution in [-0.2, 0) is 0 Å². The van der Waals surface area contributed by atoms with Crippen molar-refractivity contribution in [3.05, 3.63) is 40.8 Å². The molecule has 0 aromatic heterocycles. The van der Waals surface area contributed by atoms with Crippen molar-refractivity contribution < 1.29 is 9.90 Å². The zero-order chi connectivity index (χ0) is 12.0. The highest BCUT2D eigenvalue weighted by Gasteiger charge is 2.06. The molecule has 5 nitrogen and oxygen atoms in total. The van der Waals surface area contributed by atoms with Gasteiger partial charge in [0.25, 0.3) is 0 Å². The Morgan fingerprint density at radius 3 is 2.75 bits per heavy atom. The third-order valence-corrected chi connectivity index (χ3v) is 1.71. The number of hydrogen-bond donors (Lipinski definition) is 1. The lowest BCUT2D eigenvalue weighted by molar-refractivity contribution is 0.0698. The van der Waals surface area contributed by atoms with Gasteiger partial charge in [0.05, 0.1) is 23.0 Å². The molecule has 1 aromatic rings. The van der Waals surface area contributed by atoms with Crippen LogP contribution in [0.25, 0.3) is 5.41 Å². The molecule has 0 aliphatic heterocycles. The summed E-state index contributed by atoms with van der Waals surface area (Å²) < 4.78 is 0. The molecule has 16 heavy (non-hydrogen) atoms. The van der Waals surface area contributed by atoms with Gasteiger partial charge in [0.15, 0.2) is 0 Å². The van der Waals surface area contributed by atoms with Gasteiger partial charge in [-0.2, -0.15) is 5.26 Å². The summed E-state index contributed by atoms with van der Waals surface area (Å²) in [5.74, 6) is 0.521. The van der Waals surface area contributed by atoms with Crippen LogP contribution in [0.3, 0.4) is 0 Å². The number of rotatable bonds is 3. The molecule has 0 bridgehead atoms. The molecule has 0 radical (unpaired) electrons. The number of carbonyl (C=O) groups is 1. The van der Waals surface area contributed by atoms with Gasteiger partial charge in [-0.15, -0.1) is 0 Å². The Bertz CT molecular complexity index is 534. The SMILES string of the molecule is N#CC(=C=[N-])C=Nc1ccccc1C(=O)O. The van der Waals surface area contributed by atoms with Gasteiger partial charge in [0.2, 0.25) is 0 Å². The van der Waals surface area contributed by atoms with E-state index in [0.717, 1.165) is 6.21 Å². The first-order valence-corrected chi connectivity index (χ1v) is 4.22. The van der Waals surface area contributed by atoms with E-state index in [9.17, 15) is 4.79 Å². The summed E-state index contributed by atoms with van der Waals surface area (Å²) in [5.41, 5.74) is 0.0483. The van der Waals surface area contributed by atoms with Gasteiger partial charge in [0.1, 0.15) is 6.07 Å². The van der Waals surface area contributed by atoms with Crippen LogP contribution < -0.4 is 0 Å². The van der Waals surface area contributed by atoms with E-state index < -0.39 is 5.97 Å². The molecule has 0 spiro atoms. The van der Waals surface area contributed by atoms with E-state index in [-0.39, 0.29) is 16.8 Å². The van der Waals surface area contributed by atoms with Crippen molar-refractivity contribution in [3.8, 4) is 6.07 Å². The Balaban J connectivity index is 3.12. The van der Waals surface area contributed by atoms with Gasteiger partial charge >= 0.3 is 5.97 Å². The topological polar surface area (TPSA) is 95.8 Å². The Kier molecular flexibility index (Phi) is 3.73. The number of carboxylic acids is 1. The van der Waals surface area contributed by atoms with E-state index in [1.807, 2.05) is 0 Å². The molecule has 0 aliphatic carbocycles. The van der Waals surface area contributed by atoms with Crippen molar-refractivity contribution >= 4 is 23.7 Å². The van der Waals surface area contributed by atoms with Gasteiger partial charge in [-0.3, -0.25) is 4.99 Å².